The molecule has 1 aliphatic carbocycles. The van der Waals surface area contributed by atoms with E-state index in [-0.39, 0.29) is 0 Å². The Bertz CT molecular complexity index is 112. The summed E-state index contributed by atoms with van der Waals surface area (Å²) >= 11 is 0. The van der Waals surface area contributed by atoms with Gasteiger partial charge in [-0.15, -0.1) is 0 Å². The molecule has 0 aromatic heterocycles. The molecule has 0 aliphatic heterocycles. The molecular formula is C10H18. The average molecular weight is 138 g/mol. The third kappa shape index (κ3) is 2.55. The molecule has 0 nitrogen and oxygen atoms in total. The smallest absolute Gasteiger partial charge is 0.0231 e. The van der Waals surface area contributed by atoms with E-state index >= 15 is 0 Å². The summed E-state index contributed by atoms with van der Waals surface area (Å²) < 4.78 is 0. The molecule has 0 aromatic carbocycles. The Balaban J connectivity index is 2.33. The van der Waals surface area contributed by atoms with E-state index in [1.54, 1.807) is 0 Å². The summed E-state index contributed by atoms with van der Waals surface area (Å²) in [6.45, 7) is 4.41. The van der Waals surface area contributed by atoms with Crippen LogP contribution in [0.4, 0.5) is 0 Å². The molecule has 0 radical (unpaired) electrons. The second-order valence-electron chi connectivity index (χ2n) is 3.64. The monoisotopic (exact) mass is 138 g/mol. The van der Waals surface area contributed by atoms with E-state index in [0.717, 1.165) is 5.92 Å². The fraction of sp³-hybridized carbons (Fsp3) is 0.800. The fourth-order valence-corrected chi connectivity index (χ4v) is 1.77. The minimum atomic E-state index is 0.916. The number of hydrogen-bond acceptors (Lipinski definition) is 0. The predicted molar refractivity (Wildman–Crippen MR) is 46.0 cm³/mol. The van der Waals surface area contributed by atoms with Crippen molar-refractivity contribution >= 4 is 0 Å². The van der Waals surface area contributed by atoms with Crippen LogP contribution in [0.5, 0.6) is 0 Å². The predicted octanol–water partition coefficient (Wildman–Crippen LogP) is 3.53. The molecule has 10 heavy (non-hydrogen) atoms. The van der Waals surface area contributed by atoms with Gasteiger partial charge in [0.05, 0.1) is 0 Å². The lowest BCUT2D eigenvalue weighted by Gasteiger charge is -2.18. The number of allylic oxidation sites excluding steroid dienone is 2. The minimum Gasteiger partial charge on any atom is -0.0828 e. The molecular weight excluding hydrogens is 120 g/mol. The first-order chi connectivity index (χ1) is 4.79. The second-order valence-corrected chi connectivity index (χ2v) is 3.64. The molecule has 0 amide bonds. The number of rotatable bonds is 1. The SMILES string of the molecule is CC(C)=CC1CCCCC1. The van der Waals surface area contributed by atoms with Crippen LogP contribution in [-0.4, -0.2) is 0 Å². The van der Waals surface area contributed by atoms with Crippen LogP contribution in [0, 0.1) is 5.92 Å². The molecule has 1 aliphatic rings. The summed E-state index contributed by atoms with van der Waals surface area (Å²) in [6, 6.07) is 0. The van der Waals surface area contributed by atoms with Crippen molar-refractivity contribution in [3.8, 4) is 0 Å². The quantitative estimate of drug-likeness (QED) is 0.486. The largest absolute Gasteiger partial charge is 0.0828 e. The van der Waals surface area contributed by atoms with Gasteiger partial charge in [-0.05, 0) is 32.6 Å². The van der Waals surface area contributed by atoms with Gasteiger partial charge < -0.3 is 0 Å². The van der Waals surface area contributed by atoms with Crippen LogP contribution in [0.2, 0.25) is 0 Å². The van der Waals surface area contributed by atoms with Gasteiger partial charge in [0, 0.05) is 0 Å². The molecule has 1 saturated carbocycles. The van der Waals surface area contributed by atoms with Crippen LogP contribution < -0.4 is 0 Å². The standard InChI is InChI=1S/C10H18/c1-9(2)8-10-6-4-3-5-7-10/h8,10H,3-7H2,1-2H3. The average Bonchev–Trinajstić information content (AvgIpc) is 1.88. The highest BCUT2D eigenvalue weighted by molar-refractivity contribution is 4.97. The Morgan fingerprint density at radius 2 is 1.70 bits per heavy atom. The second kappa shape index (κ2) is 3.80. The lowest BCUT2D eigenvalue weighted by atomic mass is 9.88. The molecule has 0 spiro atoms. The zero-order chi connectivity index (χ0) is 7.40. The van der Waals surface area contributed by atoms with Gasteiger partial charge in [0.15, 0.2) is 0 Å². The van der Waals surface area contributed by atoms with Gasteiger partial charge in [0.1, 0.15) is 0 Å². The van der Waals surface area contributed by atoms with Gasteiger partial charge >= 0.3 is 0 Å². The van der Waals surface area contributed by atoms with Crippen LogP contribution in [0.3, 0.4) is 0 Å². The van der Waals surface area contributed by atoms with E-state index in [4.69, 9.17) is 0 Å². The van der Waals surface area contributed by atoms with Crippen molar-refractivity contribution in [2.45, 2.75) is 46.0 Å². The first-order valence-corrected chi connectivity index (χ1v) is 4.44. The Hall–Kier alpha value is -0.260. The number of hydrogen-bond donors (Lipinski definition) is 0. The highest BCUT2D eigenvalue weighted by Gasteiger charge is 2.09. The van der Waals surface area contributed by atoms with Crippen molar-refractivity contribution in [3.63, 3.8) is 0 Å². The zero-order valence-corrected chi connectivity index (χ0v) is 7.19. The summed E-state index contributed by atoms with van der Waals surface area (Å²) in [7, 11) is 0. The Labute approximate surface area is 64.3 Å². The van der Waals surface area contributed by atoms with Gasteiger partial charge in [-0.2, -0.15) is 0 Å². The molecule has 0 atom stereocenters. The molecule has 0 saturated heterocycles. The van der Waals surface area contributed by atoms with E-state index < -0.39 is 0 Å². The van der Waals surface area contributed by atoms with Crippen LogP contribution >= 0.6 is 0 Å². The van der Waals surface area contributed by atoms with Gasteiger partial charge in [-0.3, -0.25) is 0 Å². The van der Waals surface area contributed by atoms with Gasteiger partial charge in [-0.1, -0.05) is 30.9 Å². The summed E-state index contributed by atoms with van der Waals surface area (Å²) in [6.07, 6.45) is 9.69. The zero-order valence-electron chi connectivity index (χ0n) is 7.19. The maximum Gasteiger partial charge on any atom is -0.0231 e. The van der Waals surface area contributed by atoms with Crippen molar-refractivity contribution in [2.24, 2.45) is 5.92 Å². The molecule has 1 rings (SSSR count). The lowest BCUT2D eigenvalue weighted by Crippen LogP contribution is -2.02. The third-order valence-electron chi connectivity index (χ3n) is 2.22. The maximum atomic E-state index is 2.44. The molecule has 0 heterocycles. The molecule has 1 fully saturated rings. The summed E-state index contributed by atoms with van der Waals surface area (Å²) in [4.78, 5) is 0. The van der Waals surface area contributed by atoms with Crippen molar-refractivity contribution < 1.29 is 0 Å². The normalized spacial score (nSPS) is 20.6. The topological polar surface area (TPSA) is 0 Å². The van der Waals surface area contributed by atoms with Crippen molar-refractivity contribution in [2.75, 3.05) is 0 Å². The maximum absolute atomic E-state index is 2.44. The van der Waals surface area contributed by atoms with Crippen LogP contribution in [-0.2, 0) is 0 Å². The minimum absolute atomic E-state index is 0.916. The van der Waals surface area contributed by atoms with E-state index in [1.807, 2.05) is 0 Å². The van der Waals surface area contributed by atoms with Gasteiger partial charge in [-0.25, -0.2) is 0 Å². The van der Waals surface area contributed by atoms with E-state index in [2.05, 4.69) is 19.9 Å². The molecule has 0 heteroatoms. The third-order valence-corrected chi connectivity index (χ3v) is 2.22. The first kappa shape index (κ1) is 7.84. The fourth-order valence-electron chi connectivity index (χ4n) is 1.77. The Kier molecular flexibility index (Phi) is 2.98. The van der Waals surface area contributed by atoms with Crippen LogP contribution in [0.15, 0.2) is 11.6 Å². The Morgan fingerprint density at radius 3 is 2.20 bits per heavy atom. The molecule has 0 aromatic rings. The van der Waals surface area contributed by atoms with E-state index in [0.29, 0.717) is 0 Å². The Morgan fingerprint density at radius 1 is 1.10 bits per heavy atom. The molecule has 0 N–H and O–H groups in total. The summed E-state index contributed by atoms with van der Waals surface area (Å²) in [5, 5.41) is 0. The molecule has 0 bridgehead atoms. The molecule has 0 unspecified atom stereocenters. The first-order valence-electron chi connectivity index (χ1n) is 4.44. The highest BCUT2D eigenvalue weighted by Crippen LogP contribution is 2.25. The highest BCUT2D eigenvalue weighted by atomic mass is 14.1. The van der Waals surface area contributed by atoms with E-state index in [9.17, 15) is 0 Å². The molecule has 58 valence electrons. The van der Waals surface area contributed by atoms with Crippen molar-refractivity contribution in [1.29, 1.82) is 0 Å². The lowest BCUT2D eigenvalue weighted by molar-refractivity contribution is 0.418. The van der Waals surface area contributed by atoms with Crippen molar-refractivity contribution in [1.82, 2.24) is 0 Å². The summed E-state index contributed by atoms with van der Waals surface area (Å²) in [5.74, 6) is 0.916. The van der Waals surface area contributed by atoms with Gasteiger partial charge in [0.2, 0.25) is 0 Å². The van der Waals surface area contributed by atoms with Crippen LogP contribution in [0.25, 0.3) is 0 Å². The van der Waals surface area contributed by atoms with Gasteiger partial charge in [0.25, 0.3) is 0 Å². The van der Waals surface area contributed by atoms with Crippen LogP contribution in [0.1, 0.15) is 46.0 Å². The summed E-state index contributed by atoms with van der Waals surface area (Å²) in [5.41, 5.74) is 1.49. The van der Waals surface area contributed by atoms with E-state index in [1.165, 1.54) is 37.7 Å². The van der Waals surface area contributed by atoms with Crippen molar-refractivity contribution in [3.05, 3.63) is 11.6 Å².